The molecule has 2 aromatic carbocycles. The number of nitrogens with zero attached hydrogens (tertiary/aromatic N) is 1. The molecule has 0 spiro atoms. The standard InChI is InChI=1S/C19H17F2NO4/c20-19(21)26-16-4-2-1-3-13(16)10-17(23)22-8-7-12-5-6-14(18(24)25)9-15(12)11-22/h1-6,9,19H,7-8,10-11H2,(H,24,25). The highest BCUT2D eigenvalue weighted by molar-refractivity contribution is 5.88. The minimum Gasteiger partial charge on any atom is -0.478 e. The number of carboxylic acids is 1. The Morgan fingerprint density at radius 1 is 1.15 bits per heavy atom. The van der Waals surface area contributed by atoms with E-state index in [9.17, 15) is 18.4 Å². The van der Waals surface area contributed by atoms with E-state index < -0.39 is 12.6 Å². The Morgan fingerprint density at radius 2 is 1.92 bits per heavy atom. The molecule has 1 amide bonds. The topological polar surface area (TPSA) is 66.8 Å². The molecule has 1 aliphatic rings. The summed E-state index contributed by atoms with van der Waals surface area (Å²) in [7, 11) is 0. The Morgan fingerprint density at radius 3 is 2.65 bits per heavy atom. The molecule has 0 unspecified atom stereocenters. The first-order chi connectivity index (χ1) is 12.4. The van der Waals surface area contributed by atoms with Gasteiger partial charge in [0.2, 0.25) is 5.91 Å². The van der Waals surface area contributed by atoms with Gasteiger partial charge in [-0.05, 0) is 35.7 Å². The summed E-state index contributed by atoms with van der Waals surface area (Å²) in [5.74, 6) is -1.25. The minimum absolute atomic E-state index is 0.0126. The number of carbonyl (C=O) groups is 2. The van der Waals surface area contributed by atoms with Gasteiger partial charge >= 0.3 is 12.6 Å². The van der Waals surface area contributed by atoms with Crippen LogP contribution in [0, 0.1) is 0 Å². The van der Waals surface area contributed by atoms with Crippen molar-refractivity contribution in [1.29, 1.82) is 0 Å². The van der Waals surface area contributed by atoms with Gasteiger partial charge in [0.25, 0.3) is 0 Å². The Bertz CT molecular complexity index is 838. The average molecular weight is 361 g/mol. The Hall–Kier alpha value is -2.96. The molecule has 0 fully saturated rings. The van der Waals surface area contributed by atoms with E-state index in [1.165, 1.54) is 6.07 Å². The third-order valence-corrected chi connectivity index (χ3v) is 4.35. The molecule has 0 atom stereocenters. The molecule has 0 aromatic heterocycles. The van der Waals surface area contributed by atoms with Crippen LogP contribution in [-0.2, 0) is 24.2 Å². The number of carbonyl (C=O) groups excluding carboxylic acids is 1. The molecule has 0 radical (unpaired) electrons. The third kappa shape index (κ3) is 3.99. The van der Waals surface area contributed by atoms with Gasteiger partial charge in [0.15, 0.2) is 0 Å². The molecule has 0 bridgehead atoms. The lowest BCUT2D eigenvalue weighted by Crippen LogP contribution is -2.37. The van der Waals surface area contributed by atoms with E-state index in [1.807, 2.05) is 0 Å². The zero-order valence-electron chi connectivity index (χ0n) is 13.8. The fourth-order valence-corrected chi connectivity index (χ4v) is 3.04. The lowest BCUT2D eigenvalue weighted by molar-refractivity contribution is -0.131. The van der Waals surface area contributed by atoms with Crippen LogP contribution in [0.25, 0.3) is 0 Å². The fraction of sp³-hybridized carbons (Fsp3) is 0.263. The van der Waals surface area contributed by atoms with E-state index in [0.29, 0.717) is 25.1 Å². The van der Waals surface area contributed by atoms with Gasteiger partial charge in [0.1, 0.15) is 5.75 Å². The maximum atomic E-state index is 12.6. The van der Waals surface area contributed by atoms with Gasteiger partial charge in [-0.2, -0.15) is 8.78 Å². The molecule has 3 rings (SSSR count). The van der Waals surface area contributed by atoms with E-state index in [4.69, 9.17) is 5.11 Å². The number of aromatic carboxylic acids is 1. The van der Waals surface area contributed by atoms with Gasteiger partial charge in [-0.15, -0.1) is 0 Å². The number of fused-ring (bicyclic) bond motifs is 1. The van der Waals surface area contributed by atoms with E-state index >= 15 is 0 Å². The molecule has 0 saturated carbocycles. The van der Waals surface area contributed by atoms with Crippen molar-refractivity contribution in [2.24, 2.45) is 0 Å². The number of carboxylic acid groups (broad SMARTS) is 1. The van der Waals surface area contributed by atoms with Crippen LogP contribution in [0.5, 0.6) is 5.75 Å². The quantitative estimate of drug-likeness (QED) is 0.889. The van der Waals surface area contributed by atoms with Crippen molar-refractivity contribution in [2.45, 2.75) is 26.0 Å². The highest BCUT2D eigenvalue weighted by Gasteiger charge is 2.23. The van der Waals surface area contributed by atoms with Crippen molar-refractivity contribution in [1.82, 2.24) is 4.90 Å². The van der Waals surface area contributed by atoms with Crippen LogP contribution in [-0.4, -0.2) is 35.0 Å². The first kappa shape index (κ1) is 17.8. The van der Waals surface area contributed by atoms with Gasteiger partial charge in [0, 0.05) is 18.7 Å². The Balaban J connectivity index is 1.74. The summed E-state index contributed by atoms with van der Waals surface area (Å²) in [5, 5.41) is 9.10. The summed E-state index contributed by atoms with van der Waals surface area (Å²) in [5.41, 5.74) is 2.37. The summed E-state index contributed by atoms with van der Waals surface area (Å²) >= 11 is 0. The summed E-state index contributed by atoms with van der Waals surface area (Å²) in [6, 6.07) is 11.1. The highest BCUT2D eigenvalue weighted by Crippen LogP contribution is 2.24. The number of ether oxygens (including phenoxy) is 1. The Labute approximate surface area is 148 Å². The zero-order valence-corrected chi connectivity index (χ0v) is 13.8. The monoisotopic (exact) mass is 361 g/mol. The van der Waals surface area contributed by atoms with Crippen molar-refractivity contribution in [3.63, 3.8) is 0 Å². The molecular weight excluding hydrogens is 344 g/mol. The van der Waals surface area contributed by atoms with Gasteiger partial charge in [-0.1, -0.05) is 24.3 Å². The van der Waals surface area contributed by atoms with E-state index in [1.54, 1.807) is 41.3 Å². The van der Waals surface area contributed by atoms with Crippen molar-refractivity contribution in [3.05, 3.63) is 64.7 Å². The van der Waals surface area contributed by atoms with Gasteiger partial charge in [-0.25, -0.2) is 4.79 Å². The molecule has 1 aliphatic heterocycles. The van der Waals surface area contributed by atoms with Gasteiger partial charge < -0.3 is 14.7 Å². The predicted octanol–water partition coefficient (Wildman–Crippen LogP) is 3.11. The van der Waals surface area contributed by atoms with Crippen molar-refractivity contribution >= 4 is 11.9 Å². The first-order valence-corrected chi connectivity index (χ1v) is 8.09. The highest BCUT2D eigenvalue weighted by atomic mass is 19.3. The van der Waals surface area contributed by atoms with Crippen molar-refractivity contribution in [3.8, 4) is 5.75 Å². The van der Waals surface area contributed by atoms with E-state index in [-0.39, 0.29) is 23.6 Å². The number of benzene rings is 2. The lowest BCUT2D eigenvalue weighted by atomic mass is 9.97. The molecule has 136 valence electrons. The molecule has 0 saturated heterocycles. The molecule has 26 heavy (non-hydrogen) atoms. The summed E-state index contributed by atoms with van der Waals surface area (Å²) in [6.07, 6.45) is 0.563. The molecule has 2 aromatic rings. The third-order valence-electron chi connectivity index (χ3n) is 4.35. The number of halogens is 2. The smallest absolute Gasteiger partial charge is 0.387 e. The predicted molar refractivity (Wildman–Crippen MR) is 89.3 cm³/mol. The number of para-hydroxylation sites is 1. The number of hydrogen-bond donors (Lipinski definition) is 1. The second-order valence-electron chi connectivity index (χ2n) is 6.02. The SMILES string of the molecule is O=C(O)c1ccc2c(c1)CN(C(=O)Cc1ccccc1OC(F)F)CC2. The number of alkyl halides is 2. The maximum absolute atomic E-state index is 12.6. The molecular formula is C19H17F2NO4. The van der Waals surface area contributed by atoms with Crippen molar-refractivity contribution in [2.75, 3.05) is 6.54 Å². The van der Waals surface area contributed by atoms with Crippen LogP contribution in [0.3, 0.4) is 0 Å². The Kier molecular flexibility index (Phi) is 5.16. The van der Waals surface area contributed by atoms with Crippen LogP contribution in [0.4, 0.5) is 8.78 Å². The van der Waals surface area contributed by atoms with Crippen LogP contribution in [0.1, 0.15) is 27.0 Å². The van der Waals surface area contributed by atoms with Crippen LogP contribution < -0.4 is 4.74 Å². The zero-order chi connectivity index (χ0) is 18.7. The second kappa shape index (κ2) is 7.51. The first-order valence-electron chi connectivity index (χ1n) is 8.09. The number of amides is 1. The normalized spacial score (nSPS) is 13.4. The largest absolute Gasteiger partial charge is 0.478 e. The van der Waals surface area contributed by atoms with Crippen molar-refractivity contribution < 1.29 is 28.2 Å². The maximum Gasteiger partial charge on any atom is 0.387 e. The lowest BCUT2D eigenvalue weighted by Gasteiger charge is -2.29. The molecule has 5 nitrogen and oxygen atoms in total. The van der Waals surface area contributed by atoms with Gasteiger partial charge in [-0.3, -0.25) is 4.79 Å². The van der Waals surface area contributed by atoms with Gasteiger partial charge in [0.05, 0.1) is 12.0 Å². The summed E-state index contributed by atoms with van der Waals surface area (Å²) in [6.45, 7) is -2.16. The number of hydrogen-bond acceptors (Lipinski definition) is 3. The molecule has 1 N–H and O–H groups in total. The molecule has 7 heteroatoms. The van der Waals surface area contributed by atoms with Crippen LogP contribution >= 0.6 is 0 Å². The van der Waals surface area contributed by atoms with Crippen LogP contribution in [0.15, 0.2) is 42.5 Å². The number of rotatable bonds is 5. The second-order valence-corrected chi connectivity index (χ2v) is 6.02. The van der Waals surface area contributed by atoms with E-state index in [2.05, 4.69) is 4.74 Å². The minimum atomic E-state index is -2.96. The van der Waals surface area contributed by atoms with E-state index in [0.717, 1.165) is 11.1 Å². The summed E-state index contributed by atoms with van der Waals surface area (Å²) < 4.78 is 29.5. The summed E-state index contributed by atoms with van der Waals surface area (Å²) in [4.78, 5) is 25.3. The van der Waals surface area contributed by atoms with Crippen LogP contribution in [0.2, 0.25) is 0 Å². The molecule has 0 aliphatic carbocycles. The fourth-order valence-electron chi connectivity index (χ4n) is 3.04. The average Bonchev–Trinajstić information content (AvgIpc) is 2.61. The molecule has 1 heterocycles.